The van der Waals surface area contributed by atoms with Crippen LogP contribution in [-0.4, -0.2) is 63.7 Å². The Bertz CT molecular complexity index is 1390. The van der Waals surface area contributed by atoms with Crippen LogP contribution < -0.4 is 5.32 Å². The fourth-order valence-electron chi connectivity index (χ4n) is 3.26. The van der Waals surface area contributed by atoms with Crippen LogP contribution in [0.15, 0.2) is 35.6 Å². The monoisotopic (exact) mass is 544 g/mol. The Morgan fingerprint density at radius 2 is 1.97 bits per heavy atom. The van der Waals surface area contributed by atoms with Crippen LogP contribution in [0.2, 0.25) is 5.02 Å². The number of aromatic nitrogens is 4. The van der Waals surface area contributed by atoms with Gasteiger partial charge in [0.15, 0.2) is 5.82 Å². The summed E-state index contributed by atoms with van der Waals surface area (Å²) in [4.78, 5) is 35.1. The third-order valence-corrected chi connectivity index (χ3v) is 7.85. The lowest BCUT2D eigenvalue weighted by atomic mass is 10.2. The highest BCUT2D eigenvalue weighted by Gasteiger charge is 2.31. The largest absolute Gasteiger partial charge is 0.342 e. The minimum absolute atomic E-state index is 0.144. The molecule has 1 N–H and O–H groups in total. The Balaban J connectivity index is 1.53. The zero-order valence-electron chi connectivity index (χ0n) is 18.4. The maximum atomic E-state index is 12.9. The van der Waals surface area contributed by atoms with Gasteiger partial charge in [-0.3, -0.25) is 9.59 Å². The van der Waals surface area contributed by atoms with Gasteiger partial charge in [-0.15, -0.1) is 0 Å². The second-order valence-electron chi connectivity index (χ2n) is 7.86. The van der Waals surface area contributed by atoms with Crippen molar-refractivity contribution in [1.29, 1.82) is 0 Å². The molecule has 186 valence electrons. The Morgan fingerprint density at radius 1 is 1.26 bits per heavy atom. The van der Waals surface area contributed by atoms with E-state index in [9.17, 15) is 26.8 Å². The lowest BCUT2D eigenvalue weighted by molar-refractivity contribution is 0.0789. The van der Waals surface area contributed by atoms with Gasteiger partial charge < -0.3 is 10.2 Å². The van der Waals surface area contributed by atoms with Crippen LogP contribution in [0.1, 0.15) is 51.7 Å². The van der Waals surface area contributed by atoms with Crippen molar-refractivity contribution in [3.05, 3.63) is 52.0 Å². The maximum Gasteiger partial charge on any atom is 0.341 e. The van der Waals surface area contributed by atoms with Gasteiger partial charge in [0, 0.05) is 23.7 Å². The van der Waals surface area contributed by atoms with Gasteiger partial charge in [-0.05, 0) is 38.0 Å². The summed E-state index contributed by atoms with van der Waals surface area (Å²) in [5, 5.41) is 6.91. The molecule has 0 aliphatic heterocycles. The molecule has 2 aromatic heterocycles. The number of carbonyl (C=O) groups is 2. The van der Waals surface area contributed by atoms with Gasteiger partial charge in [-0.25, -0.2) is 18.4 Å². The molecule has 1 saturated carbocycles. The van der Waals surface area contributed by atoms with Gasteiger partial charge in [-0.1, -0.05) is 22.9 Å². The predicted molar refractivity (Wildman–Crippen MR) is 123 cm³/mol. The van der Waals surface area contributed by atoms with E-state index in [1.165, 1.54) is 17.2 Å². The van der Waals surface area contributed by atoms with E-state index in [2.05, 4.69) is 20.4 Å². The highest BCUT2D eigenvalue weighted by atomic mass is 35.5. The van der Waals surface area contributed by atoms with Gasteiger partial charge in [0.2, 0.25) is 15.0 Å². The number of benzene rings is 1. The molecule has 1 aliphatic rings. The molecule has 0 bridgehead atoms. The number of amides is 2. The number of hydrogen-bond donors (Lipinski definition) is 1. The van der Waals surface area contributed by atoms with E-state index in [0.29, 0.717) is 10.0 Å². The number of hydrogen-bond acceptors (Lipinski definition) is 8. The number of nitrogens with zero attached hydrogens (tertiary/aromatic N) is 5. The van der Waals surface area contributed by atoms with Gasteiger partial charge >= 0.3 is 5.76 Å². The predicted octanol–water partition coefficient (Wildman–Crippen LogP) is 3.10. The minimum Gasteiger partial charge on any atom is -0.342 e. The molecule has 2 amide bonds. The summed E-state index contributed by atoms with van der Waals surface area (Å²) in [6.07, 6.45) is 4.65. The topological polar surface area (TPSA) is 127 Å². The van der Waals surface area contributed by atoms with Crippen molar-refractivity contribution >= 4 is 44.6 Å². The maximum absolute atomic E-state index is 12.9. The zero-order chi connectivity index (χ0) is 25.5. The number of alkyl halides is 2. The summed E-state index contributed by atoms with van der Waals surface area (Å²) < 4.78 is 50.8. The number of rotatable bonds is 8. The summed E-state index contributed by atoms with van der Waals surface area (Å²) in [5.41, 5.74) is -0.222. The molecule has 2 heterocycles. The van der Waals surface area contributed by atoms with Crippen molar-refractivity contribution in [2.24, 2.45) is 0 Å². The second kappa shape index (κ2) is 9.59. The van der Waals surface area contributed by atoms with Crippen molar-refractivity contribution in [2.75, 3.05) is 7.05 Å². The molecule has 0 spiro atoms. The highest BCUT2D eigenvalue weighted by Crippen LogP contribution is 2.29. The van der Waals surface area contributed by atoms with Crippen LogP contribution in [0.5, 0.6) is 0 Å². The average molecular weight is 545 g/mol. The smallest absolute Gasteiger partial charge is 0.341 e. The lowest BCUT2D eigenvalue weighted by Crippen LogP contribution is -2.29. The van der Waals surface area contributed by atoms with Crippen molar-refractivity contribution in [3.8, 4) is 5.13 Å². The SMILES string of the molecule is C[C@H](NC(=O)c1cc(Cl)cc(S(=O)(=O)C(F)F)c1)c1ncnn1-c1ncc(C(=O)N(C)C2CC2)s1. The summed E-state index contributed by atoms with van der Waals surface area (Å²) in [6.45, 7) is 1.60. The third kappa shape index (κ3) is 5.18. The van der Waals surface area contributed by atoms with Crippen molar-refractivity contribution in [2.45, 2.75) is 42.5 Å². The van der Waals surface area contributed by atoms with Crippen molar-refractivity contribution in [1.82, 2.24) is 30.0 Å². The first-order valence-electron chi connectivity index (χ1n) is 10.3. The molecule has 1 aromatic carbocycles. The van der Waals surface area contributed by atoms with Crippen LogP contribution in [0.4, 0.5) is 8.78 Å². The van der Waals surface area contributed by atoms with Gasteiger partial charge in [0.05, 0.1) is 17.1 Å². The highest BCUT2D eigenvalue weighted by molar-refractivity contribution is 7.91. The molecule has 4 rings (SSSR count). The van der Waals surface area contributed by atoms with Crippen molar-refractivity contribution in [3.63, 3.8) is 0 Å². The molecule has 35 heavy (non-hydrogen) atoms. The molecule has 1 fully saturated rings. The molecule has 1 aliphatic carbocycles. The third-order valence-electron chi connectivity index (χ3n) is 5.31. The molecule has 3 aromatic rings. The Kier molecular flexibility index (Phi) is 6.88. The first kappa shape index (κ1) is 25.1. The molecular formula is C20H19ClF2N6O4S2. The van der Waals surface area contributed by atoms with Crippen LogP contribution in [0.3, 0.4) is 0 Å². The average Bonchev–Trinajstić information content (AvgIpc) is 3.33. The van der Waals surface area contributed by atoms with E-state index in [1.807, 2.05) is 0 Å². The second-order valence-corrected chi connectivity index (χ2v) is 11.2. The number of carbonyl (C=O) groups excluding carboxylic acids is 2. The summed E-state index contributed by atoms with van der Waals surface area (Å²) in [5.74, 6) is -4.28. The van der Waals surface area contributed by atoms with Gasteiger partial charge in [-0.2, -0.15) is 18.6 Å². The van der Waals surface area contributed by atoms with Gasteiger partial charge in [0.25, 0.3) is 11.8 Å². The van der Waals surface area contributed by atoms with Crippen LogP contribution in [0, 0.1) is 0 Å². The fourth-order valence-corrected chi connectivity index (χ4v) is 5.22. The number of nitrogens with one attached hydrogen (secondary N) is 1. The number of halogens is 3. The summed E-state index contributed by atoms with van der Waals surface area (Å²) in [6, 6.07) is 2.33. The normalized spacial score (nSPS) is 14.7. The quantitative estimate of drug-likeness (QED) is 0.461. The van der Waals surface area contributed by atoms with E-state index in [-0.39, 0.29) is 28.4 Å². The number of sulfone groups is 1. The molecule has 0 radical (unpaired) electrons. The molecule has 10 nitrogen and oxygen atoms in total. The van der Waals surface area contributed by atoms with Gasteiger partial charge in [0.1, 0.15) is 11.2 Å². The van der Waals surface area contributed by atoms with E-state index in [0.717, 1.165) is 42.4 Å². The Morgan fingerprint density at radius 3 is 2.63 bits per heavy atom. The Hall–Kier alpha value is -2.97. The molecule has 0 unspecified atom stereocenters. The first-order chi connectivity index (χ1) is 16.5. The summed E-state index contributed by atoms with van der Waals surface area (Å²) in [7, 11) is -3.20. The lowest BCUT2D eigenvalue weighted by Gasteiger charge is -2.15. The zero-order valence-corrected chi connectivity index (χ0v) is 20.7. The Labute approximate surface area is 207 Å². The molecular weight excluding hydrogens is 526 g/mol. The van der Waals surface area contributed by atoms with Crippen LogP contribution >= 0.6 is 22.9 Å². The van der Waals surface area contributed by atoms with E-state index in [1.54, 1.807) is 18.9 Å². The van der Waals surface area contributed by atoms with Crippen molar-refractivity contribution < 1.29 is 26.8 Å². The standard InChI is InChI=1S/C20H19ClF2N6O4S2/c1-10(27-17(30)11-5-12(21)7-14(6-11)35(32,33)19(22)23)16-25-9-26-29(16)20-24-8-15(34-20)18(31)28(2)13-3-4-13/h5-10,13,19H,3-4H2,1-2H3,(H,27,30)/t10-/m0/s1. The molecule has 1 atom stereocenters. The van der Waals surface area contributed by atoms with E-state index in [4.69, 9.17) is 11.6 Å². The van der Waals surface area contributed by atoms with Crippen LogP contribution in [0.25, 0.3) is 5.13 Å². The van der Waals surface area contributed by atoms with E-state index < -0.39 is 32.4 Å². The molecule has 15 heteroatoms. The van der Waals surface area contributed by atoms with Crippen LogP contribution in [-0.2, 0) is 9.84 Å². The first-order valence-corrected chi connectivity index (χ1v) is 13.0. The van der Waals surface area contributed by atoms with E-state index >= 15 is 0 Å². The fraction of sp³-hybridized carbons (Fsp3) is 0.350. The molecule has 0 saturated heterocycles. The summed E-state index contributed by atoms with van der Waals surface area (Å²) >= 11 is 6.98. The number of thiazole rings is 1. The minimum atomic E-state index is -4.94.